The lowest BCUT2D eigenvalue weighted by atomic mass is 10.3. The number of pyridine rings is 1. The van der Waals surface area contributed by atoms with Gasteiger partial charge in [-0.15, -0.1) is 17.9 Å². The van der Waals surface area contributed by atoms with Crippen LogP contribution in [0, 0.1) is 0 Å². The number of imidazole rings is 1. The number of fused-ring (bicyclic) bond motifs is 1. The van der Waals surface area contributed by atoms with Gasteiger partial charge in [0.05, 0.1) is 12.2 Å². The van der Waals surface area contributed by atoms with E-state index in [1.54, 1.807) is 28.4 Å². The molecular formula is C18H16ClN3OS. The third-order valence-electron chi connectivity index (χ3n) is 3.49. The van der Waals surface area contributed by atoms with E-state index >= 15 is 0 Å². The lowest BCUT2D eigenvalue weighted by Gasteiger charge is -2.18. The van der Waals surface area contributed by atoms with Crippen LogP contribution in [0.2, 0.25) is 5.15 Å². The highest BCUT2D eigenvalue weighted by atomic mass is 35.5. The zero-order valence-electron chi connectivity index (χ0n) is 12.9. The number of amides is 1. The van der Waals surface area contributed by atoms with Gasteiger partial charge in [-0.05, 0) is 29.7 Å². The van der Waals surface area contributed by atoms with Crippen molar-refractivity contribution in [1.82, 2.24) is 14.3 Å². The second-order valence-corrected chi connectivity index (χ2v) is 6.53. The summed E-state index contributed by atoms with van der Waals surface area (Å²) in [4.78, 5) is 19.7. The lowest BCUT2D eigenvalue weighted by Crippen LogP contribution is -2.28. The molecule has 0 aromatic carbocycles. The van der Waals surface area contributed by atoms with Gasteiger partial charge >= 0.3 is 0 Å². The molecule has 0 N–H and O–H groups in total. The number of halogens is 1. The summed E-state index contributed by atoms with van der Waals surface area (Å²) in [5, 5.41) is 2.37. The number of rotatable bonds is 6. The van der Waals surface area contributed by atoms with E-state index < -0.39 is 0 Å². The highest BCUT2D eigenvalue weighted by Crippen LogP contribution is 2.19. The molecule has 0 fully saturated rings. The van der Waals surface area contributed by atoms with E-state index in [1.807, 2.05) is 46.3 Å². The zero-order chi connectivity index (χ0) is 16.9. The minimum Gasteiger partial charge on any atom is -0.330 e. The molecule has 122 valence electrons. The number of thiophene rings is 1. The molecule has 0 atom stereocenters. The van der Waals surface area contributed by atoms with Gasteiger partial charge in [0, 0.05) is 23.7 Å². The fourth-order valence-electron chi connectivity index (χ4n) is 2.37. The van der Waals surface area contributed by atoms with Crippen molar-refractivity contribution in [1.29, 1.82) is 0 Å². The number of hydrogen-bond donors (Lipinski definition) is 0. The smallest absolute Gasteiger partial charge is 0.247 e. The quantitative estimate of drug-likeness (QED) is 0.488. The standard InChI is InChI=1S/C18H16ClN3OS/c1-2-10-21(13-14-6-5-12-24-14)17(23)9-8-15-18(19)20-16-7-3-4-11-22(15)16/h2-9,11-12H,1,10,13H2/b9-8+. The molecule has 0 aliphatic rings. The predicted molar refractivity (Wildman–Crippen MR) is 99.2 cm³/mol. The van der Waals surface area contributed by atoms with Crippen LogP contribution in [-0.4, -0.2) is 26.7 Å². The molecule has 0 aliphatic carbocycles. The largest absolute Gasteiger partial charge is 0.330 e. The second kappa shape index (κ2) is 7.47. The topological polar surface area (TPSA) is 37.6 Å². The van der Waals surface area contributed by atoms with E-state index in [1.165, 1.54) is 6.08 Å². The van der Waals surface area contributed by atoms with Crippen LogP contribution in [0.4, 0.5) is 0 Å². The Kier molecular flexibility index (Phi) is 5.13. The van der Waals surface area contributed by atoms with Crippen LogP contribution in [-0.2, 0) is 11.3 Å². The van der Waals surface area contributed by atoms with Gasteiger partial charge in [0.2, 0.25) is 5.91 Å². The maximum atomic E-state index is 12.5. The number of aromatic nitrogens is 2. The minimum absolute atomic E-state index is 0.0924. The summed E-state index contributed by atoms with van der Waals surface area (Å²) in [6.45, 7) is 4.78. The maximum Gasteiger partial charge on any atom is 0.247 e. The maximum absolute atomic E-state index is 12.5. The van der Waals surface area contributed by atoms with Crippen molar-refractivity contribution in [2.75, 3.05) is 6.54 Å². The van der Waals surface area contributed by atoms with Crippen molar-refractivity contribution in [2.24, 2.45) is 0 Å². The van der Waals surface area contributed by atoms with Crippen LogP contribution in [0.3, 0.4) is 0 Å². The van der Waals surface area contributed by atoms with Gasteiger partial charge in [-0.3, -0.25) is 9.20 Å². The molecule has 0 aliphatic heterocycles. The van der Waals surface area contributed by atoms with E-state index in [4.69, 9.17) is 11.6 Å². The SMILES string of the molecule is C=CCN(Cc1cccs1)C(=O)/C=C/c1c(Cl)nc2ccccn12. The van der Waals surface area contributed by atoms with Crippen LogP contribution < -0.4 is 0 Å². The molecule has 3 rings (SSSR count). The molecule has 4 nitrogen and oxygen atoms in total. The van der Waals surface area contributed by atoms with E-state index in [-0.39, 0.29) is 5.91 Å². The molecule has 0 saturated heterocycles. The van der Waals surface area contributed by atoms with E-state index in [0.717, 1.165) is 10.5 Å². The van der Waals surface area contributed by atoms with Crippen LogP contribution in [0.25, 0.3) is 11.7 Å². The molecule has 3 aromatic rings. The van der Waals surface area contributed by atoms with Gasteiger partial charge < -0.3 is 4.90 Å². The van der Waals surface area contributed by atoms with Crippen molar-refractivity contribution in [2.45, 2.75) is 6.54 Å². The molecule has 24 heavy (non-hydrogen) atoms. The Balaban J connectivity index is 1.81. The molecule has 0 unspecified atom stereocenters. The zero-order valence-corrected chi connectivity index (χ0v) is 14.5. The summed E-state index contributed by atoms with van der Waals surface area (Å²) in [5.74, 6) is -0.0924. The highest BCUT2D eigenvalue weighted by Gasteiger charge is 2.12. The van der Waals surface area contributed by atoms with Gasteiger partial charge in [0.25, 0.3) is 0 Å². The average molecular weight is 358 g/mol. The third kappa shape index (κ3) is 3.58. The number of carbonyl (C=O) groups is 1. The molecule has 3 aromatic heterocycles. The summed E-state index contributed by atoms with van der Waals surface area (Å²) in [6, 6.07) is 9.64. The Morgan fingerprint density at radius 1 is 1.38 bits per heavy atom. The second-order valence-electron chi connectivity index (χ2n) is 5.14. The summed E-state index contributed by atoms with van der Waals surface area (Å²) < 4.78 is 1.85. The van der Waals surface area contributed by atoms with Gasteiger partial charge in [-0.1, -0.05) is 29.8 Å². The molecule has 0 bridgehead atoms. The molecule has 0 saturated carbocycles. The number of nitrogens with zero attached hydrogens (tertiary/aromatic N) is 3. The monoisotopic (exact) mass is 357 g/mol. The first-order valence-corrected chi connectivity index (χ1v) is 8.67. The molecule has 0 spiro atoms. The molecule has 6 heteroatoms. The lowest BCUT2D eigenvalue weighted by molar-refractivity contribution is -0.126. The van der Waals surface area contributed by atoms with Crippen molar-refractivity contribution in [3.8, 4) is 0 Å². The summed E-state index contributed by atoms with van der Waals surface area (Å²) in [6.07, 6.45) is 6.82. The Labute approximate surface area is 149 Å². The Bertz CT molecular complexity index is 883. The average Bonchev–Trinajstić information content (AvgIpc) is 3.19. The number of hydrogen-bond acceptors (Lipinski definition) is 3. The molecule has 3 heterocycles. The fraction of sp³-hybridized carbons (Fsp3) is 0.111. The van der Waals surface area contributed by atoms with Crippen molar-refractivity contribution < 1.29 is 4.79 Å². The Morgan fingerprint density at radius 2 is 2.25 bits per heavy atom. The van der Waals surface area contributed by atoms with Crippen molar-refractivity contribution >= 4 is 40.6 Å². The summed E-state index contributed by atoms with van der Waals surface area (Å²) in [5.41, 5.74) is 1.44. The first-order valence-electron chi connectivity index (χ1n) is 7.42. The summed E-state index contributed by atoms with van der Waals surface area (Å²) >= 11 is 7.81. The first kappa shape index (κ1) is 16.5. The van der Waals surface area contributed by atoms with Crippen LogP contribution in [0.5, 0.6) is 0 Å². The van der Waals surface area contributed by atoms with Crippen molar-refractivity contribution in [3.05, 3.63) is 76.4 Å². The number of carbonyl (C=O) groups excluding carboxylic acids is 1. The minimum atomic E-state index is -0.0924. The highest BCUT2D eigenvalue weighted by molar-refractivity contribution is 7.09. The third-order valence-corrected chi connectivity index (χ3v) is 4.63. The normalized spacial score (nSPS) is 11.2. The molecule has 1 amide bonds. The van der Waals surface area contributed by atoms with Gasteiger partial charge in [0.15, 0.2) is 5.15 Å². The van der Waals surface area contributed by atoms with Crippen LogP contribution >= 0.6 is 22.9 Å². The van der Waals surface area contributed by atoms with E-state index in [2.05, 4.69) is 11.6 Å². The van der Waals surface area contributed by atoms with Gasteiger partial charge in [-0.2, -0.15) is 0 Å². The fourth-order valence-corrected chi connectivity index (χ4v) is 3.33. The molecular weight excluding hydrogens is 342 g/mol. The first-order chi connectivity index (χ1) is 11.7. The van der Waals surface area contributed by atoms with Gasteiger partial charge in [-0.25, -0.2) is 4.98 Å². The van der Waals surface area contributed by atoms with Gasteiger partial charge in [0.1, 0.15) is 5.65 Å². The van der Waals surface area contributed by atoms with E-state index in [0.29, 0.717) is 23.9 Å². The van der Waals surface area contributed by atoms with Crippen molar-refractivity contribution in [3.63, 3.8) is 0 Å². The summed E-state index contributed by atoms with van der Waals surface area (Å²) in [7, 11) is 0. The van der Waals surface area contributed by atoms with Crippen LogP contribution in [0.1, 0.15) is 10.6 Å². The van der Waals surface area contributed by atoms with Crippen LogP contribution in [0.15, 0.2) is 60.6 Å². The Hall–Kier alpha value is -2.37. The Morgan fingerprint density at radius 3 is 3.00 bits per heavy atom. The van der Waals surface area contributed by atoms with E-state index in [9.17, 15) is 4.79 Å². The predicted octanol–water partition coefficient (Wildman–Crippen LogP) is 4.28. The molecule has 0 radical (unpaired) electrons.